The molecule has 2 fully saturated rings. The van der Waals surface area contributed by atoms with Crippen molar-refractivity contribution in [2.24, 2.45) is 5.92 Å². The first-order valence-electron chi connectivity index (χ1n) is 13.0. The van der Waals surface area contributed by atoms with Gasteiger partial charge in [-0.3, -0.25) is 0 Å². The Morgan fingerprint density at radius 1 is 1.33 bits per heavy atom. The third-order valence-corrected chi connectivity index (χ3v) is 6.84. The number of anilines is 1. The van der Waals surface area contributed by atoms with Crippen LogP contribution < -0.4 is 10.2 Å². The molecule has 204 valence electrons. The molecule has 3 aromatic rings. The smallest absolute Gasteiger partial charge is 0.408 e. The number of nitrogens with one attached hydrogen (secondary N) is 1. The Labute approximate surface area is 225 Å². The van der Waals surface area contributed by atoms with E-state index in [2.05, 4.69) is 32.1 Å². The van der Waals surface area contributed by atoms with Gasteiger partial charge in [0.2, 0.25) is 0 Å². The Hall–Kier alpha value is -4.20. The predicted octanol–water partition coefficient (Wildman–Crippen LogP) is 3.83. The van der Waals surface area contributed by atoms with Crippen LogP contribution in [0.15, 0.2) is 30.7 Å². The minimum Gasteiger partial charge on any atom is -0.462 e. The van der Waals surface area contributed by atoms with Gasteiger partial charge in [-0.25, -0.2) is 28.5 Å². The van der Waals surface area contributed by atoms with Crippen LogP contribution in [0.4, 0.5) is 15.0 Å². The summed E-state index contributed by atoms with van der Waals surface area (Å²) in [5.74, 6) is 6.04. The largest absolute Gasteiger partial charge is 0.462 e. The van der Waals surface area contributed by atoms with Crippen LogP contribution in [0, 0.1) is 23.6 Å². The van der Waals surface area contributed by atoms with Crippen LogP contribution in [-0.4, -0.2) is 56.4 Å². The van der Waals surface area contributed by atoms with Crippen molar-refractivity contribution < 1.29 is 23.5 Å². The number of aromatic nitrogens is 4. The van der Waals surface area contributed by atoms with Gasteiger partial charge in [-0.1, -0.05) is 5.92 Å². The zero-order chi connectivity index (χ0) is 27.9. The lowest BCUT2D eigenvalue weighted by Crippen LogP contribution is -2.37. The lowest BCUT2D eigenvalue weighted by atomic mass is 10.00. The topological polar surface area (TPSA) is 111 Å². The standard InChI is InChI=1S/C28H31FN6O4/c1-6-38-25(36)20-16-31-35-12-10-23(33-24(20)35)34-11-9-18-14-28(18,34)21-13-19(29)15-30-22(21)8-7-17(2)32-26(37)39-27(3,4)5/h10,12-13,15-18H,6,9,11,14H2,1-5H3,(H,32,37)/t17-,18?,28?/m1/s1. The van der Waals surface area contributed by atoms with E-state index in [-0.39, 0.29) is 18.1 Å². The fourth-order valence-corrected chi connectivity index (χ4v) is 5.20. The monoisotopic (exact) mass is 534 g/mol. The van der Waals surface area contributed by atoms with Crippen molar-refractivity contribution in [1.29, 1.82) is 0 Å². The molecule has 0 aromatic carbocycles. The maximum absolute atomic E-state index is 14.5. The van der Waals surface area contributed by atoms with Crippen molar-refractivity contribution in [3.63, 3.8) is 0 Å². The number of amides is 1. The molecular weight excluding hydrogens is 503 g/mol. The summed E-state index contributed by atoms with van der Waals surface area (Å²) in [7, 11) is 0. The van der Waals surface area contributed by atoms with Crippen molar-refractivity contribution in [3.05, 3.63) is 53.4 Å². The molecule has 3 aromatic heterocycles. The van der Waals surface area contributed by atoms with Gasteiger partial charge in [-0.15, -0.1) is 0 Å². The highest BCUT2D eigenvalue weighted by molar-refractivity contribution is 5.95. The lowest BCUT2D eigenvalue weighted by Gasteiger charge is -2.30. The quantitative estimate of drug-likeness (QED) is 0.389. The fraction of sp³-hybridized carbons (Fsp3) is 0.464. The Morgan fingerprint density at radius 3 is 2.85 bits per heavy atom. The third-order valence-electron chi connectivity index (χ3n) is 6.84. The van der Waals surface area contributed by atoms with Gasteiger partial charge < -0.3 is 19.7 Å². The molecule has 0 bridgehead atoms. The van der Waals surface area contributed by atoms with Gasteiger partial charge in [-0.05, 0) is 71.4 Å². The van der Waals surface area contributed by atoms with Crippen molar-refractivity contribution in [1.82, 2.24) is 24.9 Å². The van der Waals surface area contributed by atoms with E-state index in [0.29, 0.717) is 29.3 Å². The zero-order valence-electron chi connectivity index (χ0n) is 22.6. The van der Waals surface area contributed by atoms with Gasteiger partial charge in [0.25, 0.3) is 0 Å². The molecule has 39 heavy (non-hydrogen) atoms. The summed E-state index contributed by atoms with van der Waals surface area (Å²) in [6.07, 6.45) is 5.47. The average molecular weight is 535 g/mol. The number of fused-ring (bicyclic) bond motifs is 2. The van der Waals surface area contributed by atoms with Gasteiger partial charge in [0.15, 0.2) is 5.65 Å². The number of esters is 1. The van der Waals surface area contributed by atoms with Crippen LogP contribution in [-0.2, 0) is 15.0 Å². The van der Waals surface area contributed by atoms with Crippen LogP contribution in [0.2, 0.25) is 0 Å². The first-order valence-corrected chi connectivity index (χ1v) is 13.0. The van der Waals surface area contributed by atoms with Gasteiger partial charge in [0.05, 0.1) is 30.6 Å². The molecule has 2 aliphatic rings. The minimum absolute atomic E-state index is 0.245. The van der Waals surface area contributed by atoms with Crippen molar-refractivity contribution >= 4 is 23.5 Å². The second-order valence-electron chi connectivity index (χ2n) is 10.8. The minimum atomic E-state index is -0.625. The lowest BCUT2D eigenvalue weighted by molar-refractivity contribution is 0.0512. The van der Waals surface area contributed by atoms with E-state index in [9.17, 15) is 14.0 Å². The Kier molecular flexibility index (Phi) is 6.66. The summed E-state index contributed by atoms with van der Waals surface area (Å²) in [4.78, 5) is 35.8. The SMILES string of the molecule is CCOC(=O)c1cnn2ccc(N3CCC4CC43c3cc(F)cnc3C#C[C@@H](C)NC(=O)OC(C)(C)C)nc12. The molecule has 1 amide bonds. The highest BCUT2D eigenvalue weighted by Crippen LogP contribution is 2.63. The number of halogens is 1. The van der Waals surface area contributed by atoms with Crippen molar-refractivity contribution in [3.8, 4) is 11.8 Å². The highest BCUT2D eigenvalue weighted by Gasteiger charge is 2.64. The normalized spacial score (nSPS) is 20.6. The number of piperidine rings is 1. The second kappa shape index (κ2) is 9.84. The number of hydrogen-bond acceptors (Lipinski definition) is 8. The average Bonchev–Trinajstić information content (AvgIpc) is 3.24. The molecule has 3 atom stereocenters. The van der Waals surface area contributed by atoms with Crippen LogP contribution in [0.1, 0.15) is 69.1 Å². The van der Waals surface area contributed by atoms with E-state index in [1.165, 1.54) is 16.8 Å². The Balaban J connectivity index is 1.46. The molecule has 0 spiro atoms. The summed E-state index contributed by atoms with van der Waals surface area (Å²) in [6.45, 7) is 9.79. The van der Waals surface area contributed by atoms with Crippen LogP contribution in [0.5, 0.6) is 0 Å². The zero-order valence-corrected chi connectivity index (χ0v) is 22.6. The molecule has 1 saturated carbocycles. The Morgan fingerprint density at radius 2 is 2.13 bits per heavy atom. The number of ether oxygens (including phenoxy) is 2. The molecule has 5 rings (SSSR count). The molecule has 0 radical (unpaired) electrons. The predicted molar refractivity (Wildman–Crippen MR) is 141 cm³/mol. The van der Waals surface area contributed by atoms with Crippen LogP contribution >= 0.6 is 0 Å². The molecule has 4 heterocycles. The summed E-state index contributed by atoms with van der Waals surface area (Å²) in [6, 6.07) is 2.81. The molecular formula is C28H31FN6O4. The Bertz CT molecular complexity index is 1500. The number of carbonyl (C=O) groups is 2. The number of hydrogen-bond donors (Lipinski definition) is 1. The summed E-state index contributed by atoms with van der Waals surface area (Å²) < 4.78 is 26.5. The van der Waals surface area contributed by atoms with Gasteiger partial charge >= 0.3 is 12.1 Å². The van der Waals surface area contributed by atoms with E-state index >= 15 is 0 Å². The molecule has 2 unspecified atom stereocenters. The van der Waals surface area contributed by atoms with Crippen molar-refractivity contribution in [2.75, 3.05) is 18.1 Å². The fourth-order valence-electron chi connectivity index (χ4n) is 5.20. The van der Waals surface area contributed by atoms with Gasteiger partial charge in [0.1, 0.15) is 28.5 Å². The second-order valence-corrected chi connectivity index (χ2v) is 10.8. The third kappa shape index (κ3) is 5.11. The first kappa shape index (κ1) is 26.4. The number of alkyl carbamates (subject to hydrolysis) is 1. The van der Waals surface area contributed by atoms with Crippen LogP contribution in [0.3, 0.4) is 0 Å². The number of rotatable bonds is 5. The van der Waals surface area contributed by atoms with Gasteiger partial charge in [-0.2, -0.15) is 5.10 Å². The van der Waals surface area contributed by atoms with E-state index in [0.717, 1.165) is 19.0 Å². The van der Waals surface area contributed by atoms with Crippen molar-refractivity contribution in [2.45, 2.75) is 64.6 Å². The maximum Gasteiger partial charge on any atom is 0.408 e. The maximum atomic E-state index is 14.5. The van der Waals surface area contributed by atoms with E-state index in [4.69, 9.17) is 14.5 Å². The number of nitrogens with zero attached hydrogens (tertiary/aromatic N) is 5. The molecule has 11 heteroatoms. The molecule has 1 saturated heterocycles. The highest BCUT2D eigenvalue weighted by atomic mass is 19.1. The molecule has 1 aliphatic heterocycles. The summed E-state index contributed by atoms with van der Waals surface area (Å²) in [5, 5.41) is 6.92. The number of pyridine rings is 1. The molecule has 1 aliphatic carbocycles. The van der Waals surface area contributed by atoms with E-state index < -0.39 is 35.1 Å². The summed E-state index contributed by atoms with van der Waals surface area (Å²) >= 11 is 0. The molecule has 10 nitrogen and oxygen atoms in total. The molecule has 1 N–H and O–H groups in total. The number of carbonyl (C=O) groups excluding carboxylic acids is 2. The van der Waals surface area contributed by atoms with E-state index in [1.54, 1.807) is 40.8 Å². The summed E-state index contributed by atoms with van der Waals surface area (Å²) in [5.41, 5.74) is 0.662. The van der Waals surface area contributed by atoms with E-state index in [1.807, 2.05) is 6.07 Å². The first-order chi connectivity index (χ1) is 18.5. The van der Waals surface area contributed by atoms with Crippen LogP contribution in [0.25, 0.3) is 5.65 Å². The van der Waals surface area contributed by atoms with Gasteiger partial charge in [0, 0.05) is 18.3 Å².